The number of fused-ring (bicyclic) bond motifs is 1. The van der Waals surface area contributed by atoms with Crippen LogP contribution in [0.4, 0.5) is 0 Å². The minimum absolute atomic E-state index is 0.146. The maximum absolute atomic E-state index is 10.5. The lowest BCUT2D eigenvalue weighted by molar-refractivity contribution is -0.0617. The quantitative estimate of drug-likeness (QED) is 0.909. The van der Waals surface area contributed by atoms with Crippen molar-refractivity contribution in [2.75, 3.05) is 19.8 Å². The number of hydrogen-bond acceptors (Lipinski definition) is 3. The van der Waals surface area contributed by atoms with Gasteiger partial charge in [-0.05, 0) is 42.7 Å². The van der Waals surface area contributed by atoms with Crippen LogP contribution in [0.25, 0.3) is 0 Å². The summed E-state index contributed by atoms with van der Waals surface area (Å²) < 4.78 is 11.2. The third kappa shape index (κ3) is 2.99. The standard InChI is InChI=1S/C16H22O3/c17-15(11-12-5-8-18-9-6-12)16-14-4-2-1-3-13(14)7-10-19-16/h1-4,12,15-17H,5-11H2. The second-order valence-electron chi connectivity index (χ2n) is 5.60. The van der Waals surface area contributed by atoms with Crippen LogP contribution < -0.4 is 0 Å². The number of rotatable bonds is 3. The van der Waals surface area contributed by atoms with Crippen molar-refractivity contribution in [3.05, 3.63) is 35.4 Å². The van der Waals surface area contributed by atoms with Gasteiger partial charge in [-0.1, -0.05) is 24.3 Å². The molecule has 0 aliphatic carbocycles. The highest BCUT2D eigenvalue weighted by atomic mass is 16.5. The predicted molar refractivity (Wildman–Crippen MR) is 73.0 cm³/mol. The molecule has 2 heterocycles. The zero-order chi connectivity index (χ0) is 13.1. The minimum atomic E-state index is -0.399. The summed E-state index contributed by atoms with van der Waals surface area (Å²) in [4.78, 5) is 0. The van der Waals surface area contributed by atoms with Crippen LogP contribution >= 0.6 is 0 Å². The Morgan fingerprint density at radius 1 is 1.16 bits per heavy atom. The number of hydrogen-bond donors (Lipinski definition) is 1. The average molecular weight is 262 g/mol. The third-order valence-electron chi connectivity index (χ3n) is 4.30. The predicted octanol–water partition coefficient (Wildman–Crippen LogP) is 2.48. The van der Waals surface area contributed by atoms with E-state index in [0.717, 1.165) is 38.9 Å². The molecule has 1 aromatic carbocycles. The second kappa shape index (κ2) is 6.04. The SMILES string of the molecule is OC(CC1CCOCC1)C1OCCc2ccccc21. The van der Waals surface area contributed by atoms with Gasteiger partial charge < -0.3 is 14.6 Å². The van der Waals surface area contributed by atoms with Crippen molar-refractivity contribution in [3.8, 4) is 0 Å². The van der Waals surface area contributed by atoms with Crippen LogP contribution in [-0.2, 0) is 15.9 Å². The molecular weight excluding hydrogens is 240 g/mol. The topological polar surface area (TPSA) is 38.7 Å². The van der Waals surface area contributed by atoms with Crippen molar-refractivity contribution in [1.82, 2.24) is 0 Å². The fourth-order valence-corrected chi connectivity index (χ4v) is 3.19. The highest BCUT2D eigenvalue weighted by Crippen LogP contribution is 2.33. The van der Waals surface area contributed by atoms with E-state index in [1.807, 2.05) is 6.07 Å². The zero-order valence-electron chi connectivity index (χ0n) is 11.3. The highest BCUT2D eigenvalue weighted by molar-refractivity contribution is 5.31. The average Bonchev–Trinajstić information content (AvgIpc) is 2.47. The van der Waals surface area contributed by atoms with Crippen LogP contribution in [0.2, 0.25) is 0 Å². The van der Waals surface area contributed by atoms with Gasteiger partial charge >= 0.3 is 0 Å². The molecule has 19 heavy (non-hydrogen) atoms. The van der Waals surface area contributed by atoms with Gasteiger partial charge in [0, 0.05) is 13.2 Å². The number of benzene rings is 1. The maximum atomic E-state index is 10.5. The molecule has 3 heteroatoms. The molecule has 0 aromatic heterocycles. The van der Waals surface area contributed by atoms with Crippen LogP contribution in [-0.4, -0.2) is 31.0 Å². The summed E-state index contributed by atoms with van der Waals surface area (Å²) in [6, 6.07) is 8.33. The van der Waals surface area contributed by atoms with Gasteiger partial charge in [0.2, 0.25) is 0 Å². The summed E-state index contributed by atoms with van der Waals surface area (Å²) in [6.45, 7) is 2.38. The molecule has 2 atom stereocenters. The second-order valence-corrected chi connectivity index (χ2v) is 5.60. The molecule has 0 bridgehead atoms. The fourth-order valence-electron chi connectivity index (χ4n) is 3.19. The Bertz CT molecular complexity index is 412. The first-order chi connectivity index (χ1) is 9.34. The Morgan fingerprint density at radius 3 is 2.79 bits per heavy atom. The van der Waals surface area contributed by atoms with Crippen molar-refractivity contribution in [2.24, 2.45) is 5.92 Å². The first-order valence-corrected chi connectivity index (χ1v) is 7.30. The van der Waals surface area contributed by atoms with Gasteiger partial charge in [0.25, 0.3) is 0 Å². The molecule has 104 valence electrons. The highest BCUT2D eigenvalue weighted by Gasteiger charge is 2.29. The number of aliphatic hydroxyl groups excluding tert-OH is 1. The van der Waals surface area contributed by atoms with Gasteiger partial charge in [-0.3, -0.25) is 0 Å². The molecule has 2 aliphatic heterocycles. The van der Waals surface area contributed by atoms with Gasteiger partial charge in [0.15, 0.2) is 0 Å². The van der Waals surface area contributed by atoms with Crippen molar-refractivity contribution < 1.29 is 14.6 Å². The lowest BCUT2D eigenvalue weighted by atomic mass is 9.87. The Balaban J connectivity index is 1.68. The van der Waals surface area contributed by atoms with E-state index >= 15 is 0 Å². The molecule has 1 N–H and O–H groups in total. The zero-order valence-corrected chi connectivity index (χ0v) is 11.3. The van der Waals surface area contributed by atoms with Crippen LogP contribution in [0.3, 0.4) is 0 Å². The van der Waals surface area contributed by atoms with Gasteiger partial charge in [-0.2, -0.15) is 0 Å². The molecule has 1 fully saturated rings. The largest absolute Gasteiger partial charge is 0.390 e. The molecule has 2 unspecified atom stereocenters. The summed E-state index contributed by atoms with van der Waals surface area (Å²) in [7, 11) is 0. The van der Waals surface area contributed by atoms with Gasteiger partial charge in [0.1, 0.15) is 6.10 Å². The molecular formula is C16H22O3. The minimum Gasteiger partial charge on any atom is -0.390 e. The summed E-state index contributed by atoms with van der Waals surface area (Å²) in [5.41, 5.74) is 2.50. The van der Waals surface area contributed by atoms with Crippen LogP contribution in [0.1, 0.15) is 36.5 Å². The van der Waals surface area contributed by atoms with Crippen molar-refractivity contribution in [2.45, 2.75) is 37.9 Å². The summed E-state index contributed by atoms with van der Waals surface area (Å²) >= 11 is 0. The van der Waals surface area contributed by atoms with E-state index < -0.39 is 6.10 Å². The number of aliphatic hydroxyl groups is 1. The molecule has 3 nitrogen and oxygen atoms in total. The van der Waals surface area contributed by atoms with Gasteiger partial charge in [-0.25, -0.2) is 0 Å². The van der Waals surface area contributed by atoms with Crippen LogP contribution in [0.5, 0.6) is 0 Å². The monoisotopic (exact) mass is 262 g/mol. The van der Waals surface area contributed by atoms with E-state index in [9.17, 15) is 5.11 Å². The van der Waals surface area contributed by atoms with Crippen molar-refractivity contribution in [1.29, 1.82) is 0 Å². The molecule has 1 aromatic rings. The molecule has 0 radical (unpaired) electrons. The lowest BCUT2D eigenvalue weighted by Crippen LogP contribution is -2.30. The molecule has 0 amide bonds. The summed E-state index contributed by atoms with van der Waals surface area (Å²) in [5.74, 6) is 0.571. The van der Waals surface area contributed by atoms with Crippen LogP contribution in [0, 0.1) is 5.92 Å². The normalized spacial score (nSPS) is 25.8. The molecule has 0 spiro atoms. The Labute approximate surface area is 114 Å². The van der Waals surface area contributed by atoms with Crippen molar-refractivity contribution in [3.63, 3.8) is 0 Å². The first kappa shape index (κ1) is 13.1. The summed E-state index contributed by atoms with van der Waals surface area (Å²) in [6.07, 6.45) is 3.35. The van der Waals surface area contributed by atoms with E-state index in [1.54, 1.807) is 0 Å². The Hall–Kier alpha value is -0.900. The van der Waals surface area contributed by atoms with E-state index in [-0.39, 0.29) is 6.10 Å². The molecule has 3 rings (SSSR count). The molecule has 1 saturated heterocycles. The fraction of sp³-hybridized carbons (Fsp3) is 0.625. The van der Waals surface area contributed by atoms with Gasteiger partial charge in [0.05, 0.1) is 12.7 Å². The lowest BCUT2D eigenvalue weighted by Gasteiger charge is -2.32. The third-order valence-corrected chi connectivity index (χ3v) is 4.30. The summed E-state index contributed by atoms with van der Waals surface area (Å²) in [5, 5.41) is 10.5. The van der Waals surface area contributed by atoms with Crippen molar-refractivity contribution >= 4 is 0 Å². The smallest absolute Gasteiger partial charge is 0.109 e. The first-order valence-electron chi connectivity index (χ1n) is 7.30. The van der Waals surface area contributed by atoms with E-state index in [0.29, 0.717) is 12.5 Å². The molecule has 2 aliphatic rings. The Morgan fingerprint density at radius 2 is 1.95 bits per heavy atom. The van der Waals surface area contributed by atoms with E-state index in [1.165, 1.54) is 11.1 Å². The van der Waals surface area contributed by atoms with E-state index in [2.05, 4.69) is 18.2 Å². The maximum Gasteiger partial charge on any atom is 0.109 e. The molecule has 0 saturated carbocycles. The van der Waals surface area contributed by atoms with Crippen LogP contribution in [0.15, 0.2) is 24.3 Å². The Kier molecular flexibility index (Phi) is 4.16. The number of ether oxygens (including phenoxy) is 2. The van der Waals surface area contributed by atoms with E-state index in [4.69, 9.17) is 9.47 Å². The van der Waals surface area contributed by atoms with Gasteiger partial charge in [-0.15, -0.1) is 0 Å².